The summed E-state index contributed by atoms with van der Waals surface area (Å²) in [5.41, 5.74) is 0. The van der Waals surface area contributed by atoms with Crippen molar-refractivity contribution in [3.63, 3.8) is 0 Å². The third-order valence-electron chi connectivity index (χ3n) is 0.980. The standard InChI is InChI=1S/C5H13O3P.Ca/c1-5(2)3-4-9(6,7)8;/h5H,3-4H2,1-2H3,(H2,6,7,8);/q;+2/p-2. The van der Waals surface area contributed by atoms with Crippen LogP contribution in [0, 0.1) is 5.92 Å². The Bertz CT molecular complexity index is 120. The third kappa shape index (κ3) is 12.1. The van der Waals surface area contributed by atoms with Crippen LogP contribution in [-0.2, 0) is 4.57 Å². The van der Waals surface area contributed by atoms with Gasteiger partial charge in [-0.15, -0.1) is 0 Å². The maximum atomic E-state index is 10.0. The molecule has 0 fully saturated rings. The first-order chi connectivity index (χ1) is 3.92. The number of rotatable bonds is 3. The van der Waals surface area contributed by atoms with Crippen molar-refractivity contribution in [2.75, 3.05) is 6.16 Å². The molecule has 0 aromatic carbocycles. The van der Waals surface area contributed by atoms with E-state index >= 15 is 0 Å². The minimum Gasteiger partial charge on any atom is -0.811 e. The Morgan fingerprint density at radius 1 is 1.40 bits per heavy atom. The summed E-state index contributed by atoms with van der Waals surface area (Å²) in [6.45, 7) is 3.77. The fourth-order valence-corrected chi connectivity index (χ4v) is 1.25. The summed E-state index contributed by atoms with van der Waals surface area (Å²) in [7, 11) is -4.22. The molecule has 0 radical (unpaired) electrons. The van der Waals surface area contributed by atoms with Crippen LogP contribution in [0.15, 0.2) is 0 Å². The first-order valence-electron chi connectivity index (χ1n) is 2.93. The van der Waals surface area contributed by atoms with Crippen LogP contribution >= 0.6 is 7.60 Å². The van der Waals surface area contributed by atoms with Crippen molar-refractivity contribution in [3.8, 4) is 0 Å². The maximum absolute atomic E-state index is 10.0. The summed E-state index contributed by atoms with van der Waals surface area (Å²) in [5.74, 6) is 0.293. The Hall–Kier alpha value is 1.41. The molecule has 5 heteroatoms. The van der Waals surface area contributed by atoms with E-state index in [1.165, 1.54) is 0 Å². The van der Waals surface area contributed by atoms with E-state index in [1.807, 2.05) is 13.8 Å². The third-order valence-corrected chi connectivity index (χ3v) is 1.79. The van der Waals surface area contributed by atoms with Crippen LogP contribution in [0.1, 0.15) is 20.3 Å². The Balaban J connectivity index is 0. The van der Waals surface area contributed by atoms with Gasteiger partial charge >= 0.3 is 37.7 Å². The van der Waals surface area contributed by atoms with Crippen LogP contribution in [0.3, 0.4) is 0 Å². The monoisotopic (exact) mass is 190 g/mol. The van der Waals surface area contributed by atoms with Gasteiger partial charge in [-0.05, 0) is 18.5 Å². The molecule has 0 aromatic rings. The summed E-state index contributed by atoms with van der Waals surface area (Å²) >= 11 is 0. The van der Waals surface area contributed by atoms with Crippen LogP contribution in [0.25, 0.3) is 0 Å². The van der Waals surface area contributed by atoms with Crippen LogP contribution in [0.5, 0.6) is 0 Å². The van der Waals surface area contributed by atoms with E-state index in [4.69, 9.17) is 0 Å². The molecule has 0 saturated carbocycles. The van der Waals surface area contributed by atoms with Crippen molar-refractivity contribution in [1.29, 1.82) is 0 Å². The van der Waals surface area contributed by atoms with Gasteiger partial charge in [0, 0.05) is 0 Å². The van der Waals surface area contributed by atoms with Crippen molar-refractivity contribution in [2.24, 2.45) is 5.92 Å². The van der Waals surface area contributed by atoms with Gasteiger partial charge in [0.1, 0.15) is 0 Å². The predicted octanol–water partition coefficient (Wildman–Crippen LogP) is -0.435. The average Bonchev–Trinajstić information content (AvgIpc) is 1.59. The van der Waals surface area contributed by atoms with E-state index in [0.717, 1.165) is 0 Å². The van der Waals surface area contributed by atoms with Crippen molar-refractivity contribution in [2.45, 2.75) is 20.3 Å². The molecule has 0 aliphatic rings. The maximum Gasteiger partial charge on any atom is 2.00 e. The smallest absolute Gasteiger partial charge is 0.811 e. The van der Waals surface area contributed by atoms with Crippen molar-refractivity contribution in [3.05, 3.63) is 0 Å². The molecule has 3 nitrogen and oxygen atoms in total. The van der Waals surface area contributed by atoms with Gasteiger partial charge in [0.25, 0.3) is 0 Å². The Morgan fingerprint density at radius 2 is 1.80 bits per heavy atom. The van der Waals surface area contributed by atoms with E-state index in [9.17, 15) is 14.4 Å². The van der Waals surface area contributed by atoms with Gasteiger partial charge in [-0.25, -0.2) is 0 Å². The zero-order valence-corrected chi connectivity index (χ0v) is 9.47. The van der Waals surface area contributed by atoms with Crippen LogP contribution in [0.2, 0.25) is 0 Å². The second kappa shape index (κ2) is 5.99. The molecular formula is C5H11CaO3P. The van der Waals surface area contributed by atoms with E-state index in [2.05, 4.69) is 0 Å². The largest absolute Gasteiger partial charge is 2.00 e. The summed E-state index contributed by atoms with van der Waals surface area (Å²) in [4.78, 5) is 20.0. The van der Waals surface area contributed by atoms with Crippen LogP contribution in [0.4, 0.5) is 0 Å². The SMILES string of the molecule is CC(C)CCP(=O)([O-])[O-].[Ca+2]. The topological polar surface area (TPSA) is 63.2 Å². The second-order valence-electron chi connectivity index (χ2n) is 2.52. The van der Waals surface area contributed by atoms with Crippen molar-refractivity contribution >= 4 is 45.3 Å². The first-order valence-corrected chi connectivity index (χ1v) is 4.65. The Kier molecular flexibility index (Phi) is 8.36. The van der Waals surface area contributed by atoms with Crippen molar-refractivity contribution in [1.82, 2.24) is 0 Å². The molecule has 0 aromatic heterocycles. The minimum atomic E-state index is -4.22. The van der Waals surface area contributed by atoms with Crippen molar-refractivity contribution < 1.29 is 14.4 Å². The average molecular weight is 190 g/mol. The summed E-state index contributed by atoms with van der Waals surface area (Å²) in [6, 6.07) is 0. The van der Waals surface area contributed by atoms with E-state index in [0.29, 0.717) is 12.3 Å². The van der Waals surface area contributed by atoms with Gasteiger partial charge in [-0.3, -0.25) is 0 Å². The van der Waals surface area contributed by atoms with Gasteiger partial charge in [0.15, 0.2) is 0 Å². The fraction of sp³-hybridized carbons (Fsp3) is 1.00. The Morgan fingerprint density at radius 3 is 1.90 bits per heavy atom. The van der Waals surface area contributed by atoms with E-state index < -0.39 is 7.60 Å². The van der Waals surface area contributed by atoms with Gasteiger partial charge < -0.3 is 14.4 Å². The molecule has 0 bridgehead atoms. The molecule has 0 unspecified atom stereocenters. The molecule has 56 valence electrons. The number of hydrogen-bond acceptors (Lipinski definition) is 3. The molecule has 0 aliphatic carbocycles. The zero-order valence-electron chi connectivity index (χ0n) is 6.37. The summed E-state index contributed by atoms with van der Waals surface area (Å²) in [6.07, 6.45) is 0.273. The van der Waals surface area contributed by atoms with E-state index in [-0.39, 0.29) is 43.9 Å². The summed E-state index contributed by atoms with van der Waals surface area (Å²) in [5, 5.41) is 0. The molecule has 0 spiro atoms. The molecule has 0 aliphatic heterocycles. The van der Waals surface area contributed by atoms with Gasteiger partial charge in [-0.2, -0.15) is 0 Å². The molecule has 10 heavy (non-hydrogen) atoms. The van der Waals surface area contributed by atoms with Crippen LogP contribution in [-0.4, -0.2) is 43.9 Å². The first kappa shape index (κ1) is 14.0. The predicted molar refractivity (Wildman–Crippen MR) is 37.7 cm³/mol. The second-order valence-corrected chi connectivity index (χ2v) is 4.19. The van der Waals surface area contributed by atoms with Gasteiger partial charge in [-0.1, -0.05) is 21.4 Å². The normalized spacial score (nSPS) is 11.3. The molecular weight excluding hydrogens is 179 g/mol. The minimum absolute atomic E-state index is 0. The summed E-state index contributed by atoms with van der Waals surface area (Å²) < 4.78 is 10.0. The molecule has 0 amide bonds. The van der Waals surface area contributed by atoms with Gasteiger partial charge in [0.2, 0.25) is 0 Å². The molecule has 0 heterocycles. The Labute approximate surface area is 91.4 Å². The van der Waals surface area contributed by atoms with Crippen LogP contribution < -0.4 is 9.79 Å². The molecule has 0 N–H and O–H groups in total. The zero-order chi connectivity index (χ0) is 7.49. The molecule has 0 atom stereocenters. The fourth-order valence-electron chi connectivity index (χ4n) is 0.416. The van der Waals surface area contributed by atoms with Gasteiger partial charge in [0.05, 0.1) is 0 Å². The molecule has 0 rings (SSSR count). The molecule has 0 saturated heterocycles. The number of hydrogen-bond donors (Lipinski definition) is 0. The quantitative estimate of drug-likeness (QED) is 0.448. The van der Waals surface area contributed by atoms with E-state index in [1.54, 1.807) is 0 Å².